The molecule has 0 spiro atoms. The molecule has 0 aromatic heterocycles. The fourth-order valence-electron chi connectivity index (χ4n) is 3.30. The molecule has 4 heteroatoms. The normalized spacial score (nSPS) is 19.7. The zero-order valence-electron chi connectivity index (χ0n) is 15.9. The van der Waals surface area contributed by atoms with Gasteiger partial charge in [0.1, 0.15) is 12.0 Å². The Balaban J connectivity index is 2.19. The second-order valence-corrected chi connectivity index (χ2v) is 6.95. The van der Waals surface area contributed by atoms with Crippen molar-refractivity contribution in [3.05, 3.63) is 24.8 Å². The van der Waals surface area contributed by atoms with Gasteiger partial charge >= 0.3 is 5.97 Å². The number of carbonyl (C=O) groups is 2. The third kappa shape index (κ3) is 7.89. The van der Waals surface area contributed by atoms with E-state index in [1.165, 1.54) is 51.4 Å². The van der Waals surface area contributed by atoms with Crippen LogP contribution < -0.4 is 5.32 Å². The SMILES string of the molecule is C=CCNC(=O)[C@@H]1C(=C)C(=O)O[C@H]1CCCCCCCCCCCC. The number of hydrogen-bond donors (Lipinski definition) is 1. The molecule has 0 aliphatic carbocycles. The predicted octanol–water partition coefficient (Wildman–Crippen LogP) is 4.70. The van der Waals surface area contributed by atoms with E-state index in [1.807, 2.05) is 0 Å². The fraction of sp³-hybridized carbons (Fsp3) is 0.714. The molecule has 25 heavy (non-hydrogen) atoms. The molecule has 0 aromatic carbocycles. The minimum Gasteiger partial charge on any atom is -0.458 e. The number of nitrogens with one attached hydrogen (secondary N) is 1. The number of esters is 1. The molecular weight excluding hydrogens is 314 g/mol. The summed E-state index contributed by atoms with van der Waals surface area (Å²) in [7, 11) is 0. The van der Waals surface area contributed by atoms with Crippen LogP contribution in [0.4, 0.5) is 0 Å². The van der Waals surface area contributed by atoms with Crippen LogP contribution in [0.1, 0.15) is 77.6 Å². The Morgan fingerprint density at radius 2 is 1.64 bits per heavy atom. The van der Waals surface area contributed by atoms with Gasteiger partial charge in [-0.25, -0.2) is 4.79 Å². The van der Waals surface area contributed by atoms with Gasteiger partial charge in [0.05, 0.1) is 0 Å². The Hall–Kier alpha value is -1.58. The van der Waals surface area contributed by atoms with Crippen LogP contribution in [0.3, 0.4) is 0 Å². The van der Waals surface area contributed by atoms with E-state index in [0.717, 1.165) is 19.3 Å². The van der Waals surface area contributed by atoms with Crippen molar-refractivity contribution in [1.29, 1.82) is 0 Å². The smallest absolute Gasteiger partial charge is 0.334 e. The van der Waals surface area contributed by atoms with Gasteiger partial charge in [-0.2, -0.15) is 0 Å². The minimum absolute atomic E-state index is 0.187. The van der Waals surface area contributed by atoms with Crippen molar-refractivity contribution in [3.63, 3.8) is 0 Å². The van der Waals surface area contributed by atoms with Crippen molar-refractivity contribution >= 4 is 11.9 Å². The Bertz CT molecular complexity index is 444. The van der Waals surface area contributed by atoms with Crippen molar-refractivity contribution in [2.45, 2.75) is 83.7 Å². The molecule has 0 unspecified atom stereocenters. The van der Waals surface area contributed by atoms with Crippen molar-refractivity contribution in [2.75, 3.05) is 6.54 Å². The van der Waals surface area contributed by atoms with Gasteiger partial charge in [-0.3, -0.25) is 4.79 Å². The molecule has 1 aliphatic rings. The molecule has 2 atom stereocenters. The first-order valence-corrected chi connectivity index (χ1v) is 9.90. The maximum atomic E-state index is 12.2. The van der Waals surface area contributed by atoms with Crippen LogP contribution in [-0.4, -0.2) is 24.5 Å². The monoisotopic (exact) mass is 349 g/mol. The molecule has 1 rings (SSSR count). The molecule has 0 aromatic rings. The Labute approximate surface area is 153 Å². The summed E-state index contributed by atoms with van der Waals surface area (Å²) in [5.41, 5.74) is 0.277. The van der Waals surface area contributed by atoms with E-state index in [2.05, 4.69) is 25.4 Å². The quantitative estimate of drug-likeness (QED) is 0.214. The van der Waals surface area contributed by atoms with Gasteiger partial charge < -0.3 is 10.1 Å². The fourth-order valence-corrected chi connectivity index (χ4v) is 3.30. The van der Waals surface area contributed by atoms with Crippen LogP contribution in [0.2, 0.25) is 0 Å². The topological polar surface area (TPSA) is 55.4 Å². The molecule has 4 nitrogen and oxygen atoms in total. The summed E-state index contributed by atoms with van der Waals surface area (Å²) in [6.45, 7) is 9.95. The zero-order chi connectivity index (χ0) is 18.5. The standard InChI is InChI=1S/C21H35NO3/c1-4-6-7-8-9-10-11-12-13-14-15-18-19(17(3)21(24)25-18)20(23)22-16-5-2/h5,18-19H,2-4,6-16H2,1H3,(H,22,23)/t18-,19+/m0/s1. The largest absolute Gasteiger partial charge is 0.458 e. The van der Waals surface area contributed by atoms with Crippen molar-refractivity contribution in [2.24, 2.45) is 5.92 Å². The second kappa shape index (κ2) is 12.7. The summed E-state index contributed by atoms with van der Waals surface area (Å²) >= 11 is 0. The highest BCUT2D eigenvalue weighted by molar-refractivity contribution is 5.99. The molecule has 1 heterocycles. The molecule has 0 radical (unpaired) electrons. The van der Waals surface area contributed by atoms with Gasteiger partial charge in [-0.15, -0.1) is 6.58 Å². The van der Waals surface area contributed by atoms with Crippen LogP contribution in [0.25, 0.3) is 0 Å². The Morgan fingerprint density at radius 1 is 1.08 bits per heavy atom. The number of rotatable bonds is 14. The van der Waals surface area contributed by atoms with Crippen molar-refractivity contribution < 1.29 is 14.3 Å². The first-order chi connectivity index (χ1) is 12.1. The van der Waals surface area contributed by atoms with Gasteiger partial charge in [-0.05, 0) is 12.8 Å². The van der Waals surface area contributed by atoms with Gasteiger partial charge in [0.25, 0.3) is 0 Å². The van der Waals surface area contributed by atoms with Crippen LogP contribution in [0, 0.1) is 5.92 Å². The molecule has 1 fully saturated rings. The first kappa shape index (κ1) is 21.5. The molecule has 142 valence electrons. The van der Waals surface area contributed by atoms with Crippen molar-refractivity contribution in [1.82, 2.24) is 5.32 Å². The number of unbranched alkanes of at least 4 members (excludes halogenated alkanes) is 9. The number of hydrogen-bond acceptors (Lipinski definition) is 3. The lowest BCUT2D eigenvalue weighted by Gasteiger charge is -2.17. The second-order valence-electron chi connectivity index (χ2n) is 6.95. The molecule has 1 aliphatic heterocycles. The molecule has 1 amide bonds. The highest BCUT2D eigenvalue weighted by Crippen LogP contribution is 2.30. The van der Waals surface area contributed by atoms with E-state index in [9.17, 15) is 9.59 Å². The minimum atomic E-state index is -0.550. The molecule has 1 saturated heterocycles. The summed E-state index contributed by atoms with van der Waals surface area (Å²) in [6.07, 6.45) is 14.6. The average Bonchev–Trinajstić information content (AvgIpc) is 2.88. The lowest BCUT2D eigenvalue weighted by atomic mass is 9.92. The summed E-state index contributed by atoms with van der Waals surface area (Å²) < 4.78 is 5.34. The van der Waals surface area contributed by atoms with Crippen molar-refractivity contribution in [3.8, 4) is 0 Å². The van der Waals surface area contributed by atoms with Gasteiger partial charge in [0.2, 0.25) is 5.91 Å². The van der Waals surface area contributed by atoms with Gasteiger partial charge in [0.15, 0.2) is 0 Å². The van der Waals surface area contributed by atoms with E-state index in [4.69, 9.17) is 4.74 Å². The summed E-state index contributed by atoms with van der Waals surface area (Å²) in [5.74, 6) is -1.17. The number of ether oxygens (including phenoxy) is 1. The van der Waals surface area contributed by atoms with E-state index < -0.39 is 11.9 Å². The Kier molecular flexibility index (Phi) is 10.9. The van der Waals surface area contributed by atoms with E-state index in [-0.39, 0.29) is 17.6 Å². The number of cyclic esters (lactones) is 1. The predicted molar refractivity (Wildman–Crippen MR) is 102 cm³/mol. The molecular formula is C21H35NO3. The first-order valence-electron chi connectivity index (χ1n) is 9.90. The average molecular weight is 350 g/mol. The van der Waals surface area contributed by atoms with Crippen LogP contribution in [0.15, 0.2) is 24.8 Å². The molecule has 1 N–H and O–H groups in total. The van der Waals surface area contributed by atoms with Crippen LogP contribution in [0.5, 0.6) is 0 Å². The molecule has 0 saturated carbocycles. The van der Waals surface area contributed by atoms with Gasteiger partial charge in [0, 0.05) is 12.1 Å². The summed E-state index contributed by atoms with van der Waals surface area (Å²) in [6, 6.07) is 0. The molecule has 0 bridgehead atoms. The third-order valence-corrected chi connectivity index (χ3v) is 4.81. The maximum Gasteiger partial charge on any atom is 0.334 e. The van der Waals surface area contributed by atoms with Gasteiger partial charge in [-0.1, -0.05) is 77.4 Å². The number of carbonyl (C=O) groups excluding carboxylic acids is 2. The summed E-state index contributed by atoms with van der Waals surface area (Å²) in [5, 5.41) is 2.74. The highest BCUT2D eigenvalue weighted by atomic mass is 16.6. The lowest BCUT2D eigenvalue weighted by Crippen LogP contribution is -2.36. The summed E-state index contributed by atoms with van der Waals surface area (Å²) in [4.78, 5) is 23.9. The zero-order valence-corrected chi connectivity index (χ0v) is 15.9. The number of amides is 1. The third-order valence-electron chi connectivity index (χ3n) is 4.81. The van der Waals surface area contributed by atoms with Crippen LogP contribution in [-0.2, 0) is 14.3 Å². The highest BCUT2D eigenvalue weighted by Gasteiger charge is 2.42. The maximum absolute atomic E-state index is 12.2. The Morgan fingerprint density at radius 3 is 2.20 bits per heavy atom. The lowest BCUT2D eigenvalue weighted by molar-refractivity contribution is -0.140. The van der Waals surface area contributed by atoms with E-state index in [1.54, 1.807) is 6.08 Å². The van der Waals surface area contributed by atoms with E-state index >= 15 is 0 Å². The van der Waals surface area contributed by atoms with E-state index in [0.29, 0.717) is 6.54 Å². The van der Waals surface area contributed by atoms with Crippen LogP contribution >= 0.6 is 0 Å².